The summed E-state index contributed by atoms with van der Waals surface area (Å²) >= 11 is 0. The summed E-state index contributed by atoms with van der Waals surface area (Å²) in [5.74, 6) is 0.324. The Bertz CT molecular complexity index is 964. The molecule has 0 amide bonds. The van der Waals surface area contributed by atoms with Gasteiger partial charge in [-0.15, -0.1) is 0 Å². The van der Waals surface area contributed by atoms with Gasteiger partial charge in [0.05, 0.1) is 0 Å². The fourth-order valence-corrected chi connectivity index (χ4v) is 2.99. The van der Waals surface area contributed by atoms with Gasteiger partial charge in [-0.1, -0.05) is 72.8 Å². The first-order valence-electron chi connectivity index (χ1n) is 7.03. The molecular weight excluding hydrogens is 464 g/mol. The summed E-state index contributed by atoms with van der Waals surface area (Å²) in [4.78, 5) is 0. The molecule has 0 aliphatic rings. The van der Waals surface area contributed by atoms with Crippen LogP contribution in [0.15, 0.2) is 78.9 Å². The Morgan fingerprint density at radius 1 is 0.542 bits per heavy atom. The molecule has 0 saturated heterocycles. The average Bonchev–Trinajstić information content (AvgIpc) is 2.54. The zero-order valence-electron chi connectivity index (χ0n) is 12.7. The van der Waals surface area contributed by atoms with Gasteiger partial charge in [-0.2, -0.15) is 0 Å². The van der Waals surface area contributed by atoms with Crippen molar-refractivity contribution in [2.45, 2.75) is 0 Å². The molecule has 0 saturated carbocycles. The van der Waals surface area contributed by atoms with Gasteiger partial charge in [0.2, 0.25) is 0 Å². The minimum atomic E-state index is 0. The molecule has 4 aromatic rings. The molecule has 0 unspecified atom stereocenters. The number of benzene rings is 4. The second kappa shape index (κ2) is 8.82. The van der Waals surface area contributed by atoms with Gasteiger partial charge in [0.25, 0.3) is 0 Å². The Hall–Kier alpha value is -1.13. The second-order valence-corrected chi connectivity index (χ2v) is 5.21. The van der Waals surface area contributed by atoms with E-state index < -0.39 is 0 Å². The van der Waals surface area contributed by atoms with Gasteiger partial charge in [-0.05, 0) is 33.2 Å². The number of aromatic hydroxyl groups is 1. The quantitative estimate of drug-likeness (QED) is 0.362. The first-order valence-corrected chi connectivity index (χ1v) is 7.03. The predicted octanol–water partition coefficient (Wildman–Crippen LogP) is -0.629. The zero-order valence-corrected chi connectivity index (χ0v) is 17.4. The molecule has 1 N–H and O–H groups in total. The van der Waals surface area contributed by atoms with E-state index in [1.165, 1.54) is 5.39 Å². The van der Waals surface area contributed by atoms with Crippen molar-refractivity contribution in [3.63, 3.8) is 0 Å². The molecule has 0 aliphatic carbocycles. The van der Waals surface area contributed by atoms with Crippen molar-refractivity contribution in [2.75, 3.05) is 0 Å². The molecule has 0 bridgehead atoms. The van der Waals surface area contributed by atoms with Crippen molar-refractivity contribution in [1.29, 1.82) is 0 Å². The summed E-state index contributed by atoms with van der Waals surface area (Å²) in [7, 11) is 0. The van der Waals surface area contributed by atoms with E-state index in [9.17, 15) is 5.11 Å². The monoisotopic (exact) mass is 476 g/mol. The summed E-state index contributed by atoms with van der Waals surface area (Å²) in [6, 6.07) is 26.4. The van der Waals surface area contributed by atoms with Gasteiger partial charge in [-0.25, -0.2) is 0 Å². The topological polar surface area (TPSA) is 20.2 Å². The summed E-state index contributed by atoms with van der Waals surface area (Å²) < 4.78 is 0. The van der Waals surface area contributed by atoms with Crippen molar-refractivity contribution in [3.8, 4) is 16.9 Å². The van der Waals surface area contributed by atoms with E-state index in [0.29, 0.717) is 5.75 Å². The number of hydrogen-bond acceptors (Lipinski definition) is 1. The molecule has 0 heterocycles. The molecule has 0 spiro atoms. The summed E-state index contributed by atoms with van der Waals surface area (Å²) in [6.07, 6.45) is 0. The number of hydrogen-bond donors (Lipinski definition) is 1. The maximum absolute atomic E-state index is 10.4. The Balaban J connectivity index is 0.000000960. The van der Waals surface area contributed by atoms with Crippen LogP contribution in [0.1, 0.15) is 0 Å². The molecule has 0 fully saturated rings. The molecule has 0 radical (unpaired) electrons. The Morgan fingerprint density at radius 3 is 1.79 bits per heavy atom. The molecule has 0 aromatic heterocycles. The minimum absolute atomic E-state index is 0. The third-order valence-corrected chi connectivity index (χ3v) is 3.97. The van der Waals surface area contributed by atoms with Gasteiger partial charge >= 0.3 is 21.7 Å². The van der Waals surface area contributed by atoms with Crippen LogP contribution < -0.4 is 34.0 Å². The van der Waals surface area contributed by atoms with E-state index in [2.05, 4.69) is 36.4 Å². The normalized spacial score (nSPS) is 9.67. The van der Waals surface area contributed by atoms with Crippen LogP contribution in [0.25, 0.3) is 32.7 Å². The molecule has 118 valence electrons. The minimum Gasteiger partial charge on any atom is -1.00 e. The molecule has 0 atom stereocenters. The largest absolute Gasteiger partial charge is 2.00 e. The molecule has 0 aliphatic heterocycles. The Kier molecular flexibility index (Phi) is 7.69. The van der Waals surface area contributed by atoms with Crippen LogP contribution in [0.4, 0.5) is 0 Å². The molecule has 4 rings (SSSR count). The standard InChI is InChI=1S/C20H14O.2BrH.Ti/c21-19-13-12-15-7-2-4-10-17(15)20(19)18-11-5-8-14-6-1-3-9-16(14)18;;;/h1-13,21H;2*1H;/q;;;+2/p-2. The number of halogens is 2. The van der Waals surface area contributed by atoms with Gasteiger partial charge < -0.3 is 39.1 Å². The summed E-state index contributed by atoms with van der Waals surface area (Å²) in [5, 5.41) is 15.0. The summed E-state index contributed by atoms with van der Waals surface area (Å²) in [5.41, 5.74) is 1.98. The third kappa shape index (κ3) is 3.60. The maximum atomic E-state index is 10.4. The third-order valence-electron chi connectivity index (χ3n) is 3.97. The maximum Gasteiger partial charge on any atom is 2.00 e. The van der Waals surface area contributed by atoms with Crippen molar-refractivity contribution in [3.05, 3.63) is 78.9 Å². The van der Waals surface area contributed by atoms with Crippen molar-refractivity contribution >= 4 is 21.5 Å². The van der Waals surface area contributed by atoms with E-state index in [0.717, 1.165) is 27.3 Å². The van der Waals surface area contributed by atoms with Crippen molar-refractivity contribution in [1.82, 2.24) is 0 Å². The van der Waals surface area contributed by atoms with Gasteiger partial charge in [-0.3, -0.25) is 0 Å². The first kappa shape index (κ1) is 20.9. The fraction of sp³-hybridized carbons (Fsp3) is 0. The SMILES string of the molecule is Oc1ccc2ccccc2c1-c1cccc2ccccc12.[Br-].[Br-].[Ti+2]. The molecule has 1 nitrogen and oxygen atoms in total. The zero-order chi connectivity index (χ0) is 14.2. The van der Waals surface area contributed by atoms with E-state index in [1.54, 1.807) is 6.07 Å². The van der Waals surface area contributed by atoms with Crippen LogP contribution in [0, 0.1) is 0 Å². The number of fused-ring (bicyclic) bond motifs is 2. The van der Waals surface area contributed by atoms with E-state index in [1.807, 2.05) is 36.4 Å². The Morgan fingerprint density at radius 2 is 1.08 bits per heavy atom. The van der Waals surface area contributed by atoms with Crippen LogP contribution in [-0.4, -0.2) is 5.11 Å². The average molecular weight is 478 g/mol. The second-order valence-electron chi connectivity index (χ2n) is 5.21. The van der Waals surface area contributed by atoms with Gasteiger partial charge in [0.1, 0.15) is 5.75 Å². The predicted molar refractivity (Wildman–Crippen MR) is 88.6 cm³/mol. The van der Waals surface area contributed by atoms with Crippen molar-refractivity contribution < 1.29 is 60.8 Å². The van der Waals surface area contributed by atoms with Crippen LogP contribution in [0.5, 0.6) is 5.75 Å². The number of phenols is 1. The van der Waals surface area contributed by atoms with Gasteiger partial charge in [0.15, 0.2) is 0 Å². The Labute approximate surface area is 177 Å². The molecular formula is C20H14Br2OTi. The number of rotatable bonds is 1. The first-order chi connectivity index (χ1) is 10.3. The van der Waals surface area contributed by atoms with Crippen LogP contribution in [0.3, 0.4) is 0 Å². The fourth-order valence-electron chi connectivity index (χ4n) is 2.99. The van der Waals surface area contributed by atoms with E-state index >= 15 is 0 Å². The van der Waals surface area contributed by atoms with Crippen LogP contribution >= 0.6 is 0 Å². The number of phenolic OH excluding ortho intramolecular Hbond substituents is 1. The molecule has 4 heteroatoms. The summed E-state index contributed by atoms with van der Waals surface area (Å²) in [6.45, 7) is 0. The van der Waals surface area contributed by atoms with Crippen LogP contribution in [-0.2, 0) is 21.7 Å². The molecule has 24 heavy (non-hydrogen) atoms. The molecule has 4 aromatic carbocycles. The van der Waals surface area contributed by atoms with Crippen LogP contribution in [0.2, 0.25) is 0 Å². The smallest absolute Gasteiger partial charge is 1.00 e. The van der Waals surface area contributed by atoms with E-state index in [4.69, 9.17) is 0 Å². The van der Waals surface area contributed by atoms with E-state index in [-0.39, 0.29) is 55.7 Å². The van der Waals surface area contributed by atoms with Crippen molar-refractivity contribution in [2.24, 2.45) is 0 Å². The van der Waals surface area contributed by atoms with Gasteiger partial charge in [0, 0.05) is 5.56 Å².